The van der Waals surface area contributed by atoms with E-state index in [1.54, 1.807) is 6.07 Å². The Kier molecular flexibility index (Phi) is 9.00. The van der Waals surface area contributed by atoms with Crippen LogP contribution in [0.4, 0.5) is 5.82 Å². The summed E-state index contributed by atoms with van der Waals surface area (Å²) < 4.78 is 15.8. The predicted molar refractivity (Wildman–Crippen MR) is 163 cm³/mol. The molecule has 0 radical (unpaired) electrons. The number of benzene rings is 1. The minimum Gasteiger partial charge on any atom is -0.388 e. The van der Waals surface area contributed by atoms with Crippen LogP contribution in [0.3, 0.4) is 0 Å². The van der Waals surface area contributed by atoms with Crippen LogP contribution in [-0.2, 0) is 14.5 Å². The number of carbonyl (C=O) groups excluding carboxylic acids is 3. The van der Waals surface area contributed by atoms with E-state index >= 15 is 0 Å². The monoisotopic (exact) mass is 592 g/mol. The van der Waals surface area contributed by atoms with Crippen LogP contribution >= 0.6 is 0 Å². The summed E-state index contributed by atoms with van der Waals surface area (Å²) >= 11 is 0. The highest BCUT2D eigenvalue weighted by atomic mass is 32.2. The molecular weight excluding hydrogens is 556 g/mol. The minimum absolute atomic E-state index is 0.0780. The van der Waals surface area contributed by atoms with Crippen molar-refractivity contribution in [3.63, 3.8) is 0 Å². The Morgan fingerprint density at radius 1 is 1.14 bits per heavy atom. The van der Waals surface area contributed by atoms with Crippen LogP contribution in [0.2, 0.25) is 0 Å². The van der Waals surface area contributed by atoms with Crippen LogP contribution < -0.4 is 15.8 Å². The number of nitrogen functional groups attached to an aromatic ring is 1. The van der Waals surface area contributed by atoms with Crippen LogP contribution in [0.25, 0.3) is 5.57 Å². The Hall–Kier alpha value is -4.26. The van der Waals surface area contributed by atoms with Gasteiger partial charge in [-0.1, -0.05) is 37.3 Å². The highest BCUT2D eigenvalue weighted by Gasteiger charge is 2.30. The Morgan fingerprint density at radius 2 is 1.88 bits per heavy atom. The number of aromatic nitrogens is 1. The standard InChI is InChI=1S/C30H36N6O5S/c1-18-12-20(8-7-11-25(18)33-30(40)26-13-19(2)35(3)36(26)4)24-15-22(16-32-28(24)31)29(39)34-42(5,41)23-10-6-9-21(14-23)27(38)17-37/h6-10,12-16,18-19,25,37H,5,11,17H2,1-4H3,(H2,31,32)(H,33,40)(H,34,39,41). The lowest BCUT2D eigenvalue weighted by atomic mass is 9.96. The van der Waals surface area contributed by atoms with Gasteiger partial charge in [-0.15, -0.1) is 0 Å². The predicted octanol–water partition coefficient (Wildman–Crippen LogP) is 1.79. The second-order valence-electron chi connectivity index (χ2n) is 10.5. The number of aliphatic hydroxyl groups excluding tert-OH is 1. The summed E-state index contributed by atoms with van der Waals surface area (Å²) in [6.07, 6.45) is 9.59. The van der Waals surface area contributed by atoms with Gasteiger partial charge in [-0.3, -0.25) is 19.1 Å². The number of hydrogen-bond acceptors (Lipinski definition) is 9. The number of nitrogens with zero attached hydrogens (tertiary/aromatic N) is 3. The number of anilines is 1. The van der Waals surface area contributed by atoms with Crippen LogP contribution in [0.5, 0.6) is 0 Å². The second kappa shape index (κ2) is 12.3. The molecule has 42 heavy (non-hydrogen) atoms. The summed E-state index contributed by atoms with van der Waals surface area (Å²) in [7, 11) is 0.433. The van der Waals surface area contributed by atoms with E-state index in [1.165, 1.54) is 30.5 Å². The number of hydrogen-bond donors (Lipinski definition) is 4. The molecule has 5 N–H and O–H groups in total. The largest absolute Gasteiger partial charge is 0.388 e. The number of likely N-dealkylation sites (N-methyl/N-ethyl adjacent to an activating group) is 2. The van der Waals surface area contributed by atoms with Crippen LogP contribution in [0, 0.1) is 5.92 Å². The Bertz CT molecular complexity index is 1610. The van der Waals surface area contributed by atoms with Gasteiger partial charge in [0, 0.05) is 43.5 Å². The maximum atomic E-state index is 13.3. The molecule has 0 bridgehead atoms. The first kappa shape index (κ1) is 30.7. The lowest BCUT2D eigenvalue weighted by molar-refractivity contribution is -0.121. The van der Waals surface area contributed by atoms with Gasteiger partial charge in [0.2, 0.25) is 0 Å². The van der Waals surface area contributed by atoms with Crippen molar-refractivity contribution in [3.8, 4) is 0 Å². The molecule has 0 spiro atoms. The quantitative estimate of drug-likeness (QED) is 0.265. The van der Waals surface area contributed by atoms with E-state index in [1.807, 2.05) is 62.3 Å². The van der Waals surface area contributed by atoms with E-state index in [0.717, 1.165) is 5.57 Å². The van der Waals surface area contributed by atoms with Gasteiger partial charge in [-0.25, -0.2) is 14.2 Å². The Balaban J connectivity index is 1.53. The van der Waals surface area contributed by atoms with Crippen molar-refractivity contribution in [1.29, 1.82) is 0 Å². The van der Waals surface area contributed by atoms with Gasteiger partial charge in [0.05, 0.1) is 20.2 Å². The van der Waals surface area contributed by atoms with E-state index < -0.39 is 28.0 Å². The zero-order valence-electron chi connectivity index (χ0n) is 24.0. The first-order valence-electron chi connectivity index (χ1n) is 13.4. The Labute approximate surface area is 245 Å². The van der Waals surface area contributed by atoms with Crippen molar-refractivity contribution in [1.82, 2.24) is 25.0 Å². The first-order valence-corrected chi connectivity index (χ1v) is 15.1. The molecule has 1 aliphatic heterocycles. The average molecular weight is 593 g/mol. The molecular formula is C30H36N6O5S. The number of pyridine rings is 1. The second-order valence-corrected chi connectivity index (χ2v) is 12.5. The molecule has 1 aromatic heterocycles. The summed E-state index contributed by atoms with van der Waals surface area (Å²) in [5.41, 5.74) is 8.31. The van der Waals surface area contributed by atoms with Crippen molar-refractivity contribution >= 4 is 44.6 Å². The molecule has 0 fully saturated rings. The van der Waals surface area contributed by atoms with Gasteiger partial charge in [0.25, 0.3) is 11.8 Å². The smallest absolute Gasteiger partial charge is 0.268 e. The summed E-state index contributed by atoms with van der Waals surface area (Å²) in [5.74, 6) is 2.41. The fraction of sp³-hybridized carbons (Fsp3) is 0.300. The van der Waals surface area contributed by atoms with Gasteiger partial charge < -0.3 is 21.2 Å². The number of nitrogens with one attached hydrogen (secondary N) is 2. The number of nitrogens with two attached hydrogens (primary N) is 1. The summed E-state index contributed by atoms with van der Waals surface area (Å²) in [6, 6.07) is 7.30. The third-order valence-electron chi connectivity index (χ3n) is 7.55. The van der Waals surface area contributed by atoms with E-state index in [-0.39, 0.29) is 45.7 Å². The third-order valence-corrected chi connectivity index (χ3v) is 9.08. The van der Waals surface area contributed by atoms with Gasteiger partial charge in [-0.05, 0) is 55.0 Å². The van der Waals surface area contributed by atoms with Gasteiger partial charge >= 0.3 is 0 Å². The number of rotatable bonds is 8. The average Bonchev–Trinajstić information content (AvgIpc) is 3.10. The molecule has 4 rings (SSSR count). The van der Waals surface area contributed by atoms with Crippen molar-refractivity contribution in [2.75, 3.05) is 26.4 Å². The highest BCUT2D eigenvalue weighted by molar-refractivity contribution is 7.99. The van der Waals surface area contributed by atoms with Gasteiger partial charge in [0.1, 0.15) is 18.1 Å². The van der Waals surface area contributed by atoms with Gasteiger partial charge in [0.15, 0.2) is 5.78 Å². The fourth-order valence-electron chi connectivity index (χ4n) is 4.80. The van der Waals surface area contributed by atoms with Crippen molar-refractivity contribution < 1.29 is 23.7 Å². The summed E-state index contributed by atoms with van der Waals surface area (Å²) in [4.78, 5) is 42.4. The van der Waals surface area contributed by atoms with Crippen LogP contribution in [0.15, 0.2) is 71.4 Å². The van der Waals surface area contributed by atoms with Crippen LogP contribution in [0.1, 0.15) is 46.5 Å². The first-order chi connectivity index (χ1) is 19.8. The lowest BCUT2D eigenvalue weighted by Gasteiger charge is -2.28. The molecule has 2 aromatic rings. The SMILES string of the molecule is C=S(=O)(NC(=O)c1cnc(N)c(C2=CC(C)C(NC(=O)C3=CC(C)N(C)N3C)CC=C2)c1)c1cccc(C(=O)CO)c1. The molecule has 0 saturated carbocycles. The molecule has 4 atom stereocenters. The summed E-state index contributed by atoms with van der Waals surface area (Å²) in [5, 5.41) is 16.1. The molecule has 2 aliphatic rings. The lowest BCUT2D eigenvalue weighted by Crippen LogP contribution is -2.43. The van der Waals surface area contributed by atoms with E-state index in [2.05, 4.69) is 20.9 Å². The number of ketones is 1. The van der Waals surface area contributed by atoms with Gasteiger partial charge in [-0.2, -0.15) is 0 Å². The number of amides is 2. The molecule has 12 heteroatoms. The zero-order valence-corrected chi connectivity index (χ0v) is 24.9. The number of Topliss-reactive ketones (excluding diaryl/α,β-unsaturated/α-hetero) is 1. The maximum Gasteiger partial charge on any atom is 0.268 e. The van der Waals surface area contributed by atoms with E-state index in [4.69, 9.17) is 10.8 Å². The van der Waals surface area contributed by atoms with Crippen molar-refractivity contribution in [2.24, 2.45) is 5.92 Å². The Morgan fingerprint density at radius 3 is 2.55 bits per heavy atom. The fourth-order valence-corrected chi connectivity index (χ4v) is 5.95. The molecule has 2 heterocycles. The number of allylic oxidation sites excluding steroid dienone is 2. The van der Waals surface area contributed by atoms with Crippen molar-refractivity contribution in [2.45, 2.75) is 37.2 Å². The number of carbonyl (C=O) groups is 3. The third kappa shape index (κ3) is 6.46. The zero-order chi connectivity index (χ0) is 30.8. The van der Waals surface area contributed by atoms with E-state index in [9.17, 15) is 18.6 Å². The van der Waals surface area contributed by atoms with Crippen molar-refractivity contribution in [3.05, 3.63) is 83.2 Å². The molecule has 4 unspecified atom stereocenters. The van der Waals surface area contributed by atoms with E-state index in [0.29, 0.717) is 17.7 Å². The normalized spacial score (nSPS) is 22.0. The number of hydrazine groups is 1. The molecule has 2 amide bonds. The number of aliphatic hydroxyl groups is 1. The molecule has 1 aromatic carbocycles. The maximum absolute atomic E-state index is 13.3. The topological polar surface area (TPSA) is 158 Å². The summed E-state index contributed by atoms with van der Waals surface area (Å²) in [6.45, 7) is 3.31. The minimum atomic E-state index is -3.34. The molecule has 222 valence electrons. The molecule has 1 aliphatic carbocycles. The molecule has 0 saturated heterocycles. The highest BCUT2D eigenvalue weighted by Crippen LogP contribution is 2.29. The van der Waals surface area contributed by atoms with Crippen LogP contribution in [-0.4, -0.2) is 80.6 Å². The molecule has 11 nitrogen and oxygen atoms in total.